The van der Waals surface area contributed by atoms with Gasteiger partial charge in [0, 0.05) is 6.54 Å². The predicted octanol–water partition coefficient (Wildman–Crippen LogP) is 3.84. The maximum Gasteiger partial charge on any atom is 0.230 e. The lowest BCUT2D eigenvalue weighted by molar-refractivity contribution is -0.119. The first kappa shape index (κ1) is 18.3. The number of furan rings is 1. The molecule has 26 heavy (non-hydrogen) atoms. The number of aryl methyl sites for hydroxylation is 1. The Bertz CT molecular complexity index is 873. The molecule has 0 aliphatic heterocycles. The van der Waals surface area contributed by atoms with Gasteiger partial charge >= 0.3 is 0 Å². The third-order valence-electron chi connectivity index (χ3n) is 4.14. The van der Waals surface area contributed by atoms with Crippen molar-refractivity contribution < 1.29 is 9.21 Å². The summed E-state index contributed by atoms with van der Waals surface area (Å²) in [7, 11) is 0. The molecule has 0 saturated carbocycles. The maximum atomic E-state index is 12.3. The SMILES string of the molecule is CCn1c(SCC(=O)N[C@H](C)c2ccccc2)nnc1-c1ccoc1C. The van der Waals surface area contributed by atoms with Crippen molar-refractivity contribution in [3.05, 3.63) is 54.0 Å². The summed E-state index contributed by atoms with van der Waals surface area (Å²) in [4.78, 5) is 12.3. The zero-order valence-electron chi connectivity index (χ0n) is 15.1. The van der Waals surface area contributed by atoms with Gasteiger partial charge in [0.15, 0.2) is 11.0 Å². The number of carbonyl (C=O) groups is 1. The van der Waals surface area contributed by atoms with Crippen molar-refractivity contribution in [3.63, 3.8) is 0 Å². The van der Waals surface area contributed by atoms with E-state index in [1.807, 2.05) is 61.7 Å². The smallest absolute Gasteiger partial charge is 0.230 e. The number of carbonyl (C=O) groups excluding carboxylic acids is 1. The first-order chi connectivity index (χ1) is 12.6. The van der Waals surface area contributed by atoms with Gasteiger partial charge < -0.3 is 14.3 Å². The highest BCUT2D eigenvalue weighted by molar-refractivity contribution is 7.99. The Morgan fingerprint density at radius 1 is 1.27 bits per heavy atom. The van der Waals surface area contributed by atoms with Crippen LogP contribution in [0.2, 0.25) is 0 Å². The minimum Gasteiger partial charge on any atom is -0.469 e. The summed E-state index contributed by atoms with van der Waals surface area (Å²) in [5, 5.41) is 12.3. The van der Waals surface area contributed by atoms with Crippen molar-refractivity contribution in [1.82, 2.24) is 20.1 Å². The fourth-order valence-electron chi connectivity index (χ4n) is 2.74. The van der Waals surface area contributed by atoms with Crippen LogP contribution in [-0.2, 0) is 11.3 Å². The average molecular weight is 370 g/mol. The molecule has 7 heteroatoms. The van der Waals surface area contributed by atoms with Crippen molar-refractivity contribution in [1.29, 1.82) is 0 Å². The van der Waals surface area contributed by atoms with E-state index in [1.165, 1.54) is 11.8 Å². The average Bonchev–Trinajstić information content (AvgIpc) is 3.25. The van der Waals surface area contributed by atoms with Gasteiger partial charge in [-0.05, 0) is 32.4 Å². The molecule has 0 aliphatic rings. The Kier molecular flexibility index (Phi) is 5.78. The third kappa shape index (κ3) is 3.99. The molecule has 0 radical (unpaired) electrons. The van der Waals surface area contributed by atoms with E-state index in [0.717, 1.165) is 34.4 Å². The first-order valence-electron chi connectivity index (χ1n) is 8.55. The molecule has 0 saturated heterocycles. The summed E-state index contributed by atoms with van der Waals surface area (Å²) in [6.45, 7) is 6.63. The van der Waals surface area contributed by atoms with E-state index in [9.17, 15) is 4.79 Å². The Hall–Kier alpha value is -2.54. The van der Waals surface area contributed by atoms with Gasteiger partial charge in [-0.1, -0.05) is 42.1 Å². The van der Waals surface area contributed by atoms with E-state index in [2.05, 4.69) is 15.5 Å². The molecule has 0 aliphatic carbocycles. The Morgan fingerprint density at radius 2 is 2.04 bits per heavy atom. The number of amides is 1. The molecule has 3 rings (SSSR count). The van der Waals surface area contributed by atoms with Gasteiger partial charge in [0.2, 0.25) is 5.91 Å². The van der Waals surface area contributed by atoms with Crippen molar-refractivity contribution in [2.24, 2.45) is 0 Å². The second-order valence-electron chi connectivity index (χ2n) is 5.93. The summed E-state index contributed by atoms with van der Waals surface area (Å²) < 4.78 is 7.36. The van der Waals surface area contributed by atoms with Crippen LogP contribution in [0.5, 0.6) is 0 Å². The molecule has 1 atom stereocenters. The molecule has 1 aromatic carbocycles. The molecular formula is C19H22N4O2S. The van der Waals surface area contributed by atoms with Crippen LogP contribution in [-0.4, -0.2) is 26.4 Å². The normalized spacial score (nSPS) is 12.1. The van der Waals surface area contributed by atoms with Crippen LogP contribution < -0.4 is 5.32 Å². The fourth-order valence-corrected chi connectivity index (χ4v) is 3.55. The van der Waals surface area contributed by atoms with E-state index in [4.69, 9.17) is 4.42 Å². The van der Waals surface area contributed by atoms with Crippen molar-refractivity contribution in [2.45, 2.75) is 38.5 Å². The molecule has 0 unspecified atom stereocenters. The molecule has 2 heterocycles. The number of hydrogen-bond acceptors (Lipinski definition) is 5. The molecule has 1 N–H and O–H groups in total. The second-order valence-corrected chi connectivity index (χ2v) is 6.87. The number of benzene rings is 1. The molecular weight excluding hydrogens is 348 g/mol. The highest BCUT2D eigenvalue weighted by Gasteiger charge is 2.17. The Morgan fingerprint density at radius 3 is 2.69 bits per heavy atom. The highest BCUT2D eigenvalue weighted by atomic mass is 32.2. The second kappa shape index (κ2) is 8.23. The molecule has 2 aromatic heterocycles. The lowest BCUT2D eigenvalue weighted by Gasteiger charge is -2.14. The third-order valence-corrected chi connectivity index (χ3v) is 5.11. The van der Waals surface area contributed by atoms with E-state index in [1.54, 1.807) is 6.26 Å². The number of nitrogens with one attached hydrogen (secondary N) is 1. The number of hydrogen-bond donors (Lipinski definition) is 1. The molecule has 136 valence electrons. The topological polar surface area (TPSA) is 73.0 Å². The maximum absolute atomic E-state index is 12.3. The van der Waals surface area contributed by atoms with Crippen LogP contribution in [0.15, 0.2) is 52.2 Å². The van der Waals surface area contributed by atoms with E-state index >= 15 is 0 Å². The van der Waals surface area contributed by atoms with Gasteiger partial charge in [-0.15, -0.1) is 10.2 Å². The monoisotopic (exact) mass is 370 g/mol. The van der Waals surface area contributed by atoms with Crippen LogP contribution >= 0.6 is 11.8 Å². The van der Waals surface area contributed by atoms with E-state index in [-0.39, 0.29) is 11.9 Å². The number of thioether (sulfide) groups is 1. The summed E-state index contributed by atoms with van der Waals surface area (Å²) in [5.41, 5.74) is 2.01. The molecule has 1 amide bonds. The Balaban J connectivity index is 1.64. The number of nitrogens with zero attached hydrogens (tertiary/aromatic N) is 3. The fraction of sp³-hybridized carbons (Fsp3) is 0.316. The van der Waals surface area contributed by atoms with Gasteiger partial charge in [0.25, 0.3) is 0 Å². The quantitative estimate of drug-likeness (QED) is 0.640. The minimum absolute atomic E-state index is 0.0296. The van der Waals surface area contributed by atoms with Crippen LogP contribution in [0, 0.1) is 6.92 Å². The van der Waals surface area contributed by atoms with E-state index in [0.29, 0.717) is 5.75 Å². The summed E-state index contributed by atoms with van der Waals surface area (Å²) >= 11 is 1.39. The predicted molar refractivity (Wildman–Crippen MR) is 102 cm³/mol. The van der Waals surface area contributed by atoms with Crippen LogP contribution in [0.3, 0.4) is 0 Å². The van der Waals surface area contributed by atoms with Gasteiger partial charge in [-0.25, -0.2) is 0 Å². The summed E-state index contributed by atoms with van der Waals surface area (Å²) in [6, 6.07) is 11.8. The zero-order chi connectivity index (χ0) is 18.5. The van der Waals surface area contributed by atoms with Gasteiger partial charge in [-0.2, -0.15) is 0 Å². The summed E-state index contributed by atoms with van der Waals surface area (Å²) in [6.07, 6.45) is 1.64. The van der Waals surface area contributed by atoms with Gasteiger partial charge in [-0.3, -0.25) is 4.79 Å². The van der Waals surface area contributed by atoms with E-state index < -0.39 is 0 Å². The van der Waals surface area contributed by atoms with Crippen LogP contribution in [0.1, 0.15) is 31.2 Å². The zero-order valence-corrected chi connectivity index (χ0v) is 15.9. The highest BCUT2D eigenvalue weighted by Crippen LogP contribution is 2.27. The molecule has 3 aromatic rings. The van der Waals surface area contributed by atoms with Crippen LogP contribution in [0.4, 0.5) is 0 Å². The molecule has 6 nitrogen and oxygen atoms in total. The first-order valence-corrected chi connectivity index (χ1v) is 9.53. The van der Waals surface area contributed by atoms with Crippen molar-refractivity contribution in [2.75, 3.05) is 5.75 Å². The number of aromatic nitrogens is 3. The van der Waals surface area contributed by atoms with Gasteiger partial charge in [0.1, 0.15) is 5.76 Å². The summed E-state index contributed by atoms with van der Waals surface area (Å²) in [5.74, 6) is 1.83. The minimum atomic E-state index is -0.0301. The molecule has 0 bridgehead atoms. The van der Waals surface area contributed by atoms with Crippen molar-refractivity contribution >= 4 is 17.7 Å². The largest absolute Gasteiger partial charge is 0.469 e. The molecule has 0 fully saturated rings. The molecule has 0 spiro atoms. The standard InChI is InChI=1S/C19H22N4O2S/c1-4-23-18(16-10-11-25-14(16)3)21-22-19(23)26-12-17(24)20-13(2)15-8-6-5-7-9-15/h5-11,13H,4,12H2,1-3H3,(H,20,24)/t13-/m1/s1. The Labute approximate surface area is 157 Å². The van der Waals surface area contributed by atoms with Crippen LogP contribution in [0.25, 0.3) is 11.4 Å². The lowest BCUT2D eigenvalue weighted by atomic mass is 10.1. The van der Waals surface area contributed by atoms with Crippen molar-refractivity contribution in [3.8, 4) is 11.4 Å². The number of rotatable bonds is 7. The van der Waals surface area contributed by atoms with Gasteiger partial charge in [0.05, 0.1) is 23.6 Å². The lowest BCUT2D eigenvalue weighted by Crippen LogP contribution is -2.28.